The summed E-state index contributed by atoms with van der Waals surface area (Å²) in [5, 5.41) is 24.3. The van der Waals surface area contributed by atoms with Crippen LogP contribution in [-0.4, -0.2) is 26.6 Å². The number of anilines is 1. The van der Waals surface area contributed by atoms with Crippen LogP contribution in [0.3, 0.4) is 0 Å². The van der Waals surface area contributed by atoms with Gasteiger partial charge in [-0.25, -0.2) is 4.79 Å². The van der Waals surface area contributed by atoms with Gasteiger partial charge in [-0.2, -0.15) is 0 Å². The van der Waals surface area contributed by atoms with Crippen LogP contribution in [0.4, 0.5) is 11.4 Å². The van der Waals surface area contributed by atoms with Gasteiger partial charge in [0, 0.05) is 27.4 Å². The van der Waals surface area contributed by atoms with Gasteiger partial charge >= 0.3 is 5.97 Å². The number of nitrogens with zero attached hydrogens (tertiary/aromatic N) is 1. The van der Waals surface area contributed by atoms with E-state index in [-0.39, 0.29) is 44.7 Å². The van der Waals surface area contributed by atoms with Crippen molar-refractivity contribution < 1.29 is 14.8 Å². The predicted molar refractivity (Wildman–Crippen MR) is 137 cm³/mol. The lowest BCUT2D eigenvalue weighted by atomic mass is 9.77. The predicted octanol–water partition coefficient (Wildman–Crippen LogP) is 7.09. The monoisotopic (exact) mass is 558 g/mol. The number of fused-ring (bicyclic) bond motifs is 3. The number of rotatable bonds is 5. The Balaban J connectivity index is 1.55. The highest BCUT2D eigenvalue weighted by molar-refractivity contribution is 9.10. The normalized spacial score (nSPS) is 25.2. The maximum atomic E-state index is 11.7. The smallest absolute Gasteiger partial charge is 0.335 e. The van der Waals surface area contributed by atoms with Gasteiger partial charge in [0.2, 0.25) is 0 Å². The molecule has 34 heavy (non-hydrogen) atoms. The number of nitro groups is 1. The van der Waals surface area contributed by atoms with Gasteiger partial charge in [0.15, 0.2) is 0 Å². The molecule has 5 rings (SSSR count). The first-order valence-corrected chi connectivity index (χ1v) is 12.9. The minimum atomic E-state index is -0.982. The number of carboxylic acid groups (broad SMARTS) is 1. The molecule has 0 unspecified atom stereocenters. The Bertz CT molecular complexity index is 1270. The molecule has 0 amide bonds. The summed E-state index contributed by atoms with van der Waals surface area (Å²) in [5.74, 6) is -0.976. The molecule has 1 heterocycles. The molecule has 2 aliphatic rings. The Kier molecular flexibility index (Phi) is 6.31. The van der Waals surface area contributed by atoms with Crippen LogP contribution in [0.15, 0.2) is 76.1 Å². The van der Waals surface area contributed by atoms with Crippen molar-refractivity contribution >= 4 is 56.6 Å². The molecule has 0 saturated heterocycles. The quantitative estimate of drug-likeness (QED) is 0.197. The second-order valence-corrected chi connectivity index (χ2v) is 11.2. The maximum absolute atomic E-state index is 11.7. The molecule has 6 nitrogen and oxygen atoms in total. The molecule has 1 aliphatic carbocycles. The molecular formula is C25H20BrClN2O4S. The lowest BCUT2D eigenvalue weighted by molar-refractivity contribution is -0.387. The van der Waals surface area contributed by atoms with E-state index in [9.17, 15) is 20.0 Å². The van der Waals surface area contributed by atoms with E-state index < -0.39 is 5.97 Å². The van der Waals surface area contributed by atoms with Gasteiger partial charge in [0.1, 0.15) is 0 Å². The third-order valence-electron chi connectivity index (χ3n) is 6.63. The van der Waals surface area contributed by atoms with E-state index in [0.717, 1.165) is 27.7 Å². The lowest BCUT2D eigenvalue weighted by Crippen LogP contribution is -2.31. The zero-order chi connectivity index (χ0) is 24.0. The Morgan fingerprint density at radius 2 is 1.88 bits per heavy atom. The fourth-order valence-electron chi connectivity index (χ4n) is 5.12. The summed E-state index contributed by atoms with van der Waals surface area (Å²) in [7, 11) is 0. The average Bonchev–Trinajstić information content (AvgIpc) is 3.15. The number of carbonyl (C=O) groups is 1. The van der Waals surface area contributed by atoms with Gasteiger partial charge in [-0.3, -0.25) is 10.1 Å². The summed E-state index contributed by atoms with van der Waals surface area (Å²) in [6.07, 6.45) is 0.736. The molecule has 0 spiro atoms. The largest absolute Gasteiger partial charge is 0.478 e. The van der Waals surface area contributed by atoms with Crippen LogP contribution in [0.2, 0.25) is 0 Å². The highest BCUT2D eigenvalue weighted by Crippen LogP contribution is 2.58. The molecule has 2 N–H and O–H groups in total. The highest BCUT2D eigenvalue weighted by Gasteiger charge is 2.50. The third kappa shape index (κ3) is 4.19. The second-order valence-electron chi connectivity index (χ2n) is 8.53. The van der Waals surface area contributed by atoms with Crippen molar-refractivity contribution in [3.05, 3.63) is 98.0 Å². The molecular weight excluding hydrogens is 540 g/mol. The zero-order valence-electron chi connectivity index (χ0n) is 17.7. The summed E-state index contributed by atoms with van der Waals surface area (Å²) in [4.78, 5) is 23.4. The van der Waals surface area contributed by atoms with Gasteiger partial charge in [-0.05, 0) is 59.9 Å². The summed E-state index contributed by atoms with van der Waals surface area (Å²) in [5.41, 5.74) is 3.18. The van der Waals surface area contributed by atoms with Crippen LogP contribution in [0, 0.1) is 16.0 Å². The van der Waals surface area contributed by atoms with Crippen molar-refractivity contribution in [1.29, 1.82) is 0 Å². The molecule has 0 aromatic heterocycles. The number of carboxylic acids is 1. The lowest BCUT2D eigenvalue weighted by Gasteiger charge is -2.38. The van der Waals surface area contributed by atoms with Crippen molar-refractivity contribution in [3.8, 4) is 0 Å². The van der Waals surface area contributed by atoms with Crippen LogP contribution in [-0.2, 0) is 0 Å². The summed E-state index contributed by atoms with van der Waals surface area (Å²) >= 11 is 12.0. The maximum Gasteiger partial charge on any atom is 0.335 e. The minimum Gasteiger partial charge on any atom is -0.478 e. The topological polar surface area (TPSA) is 92.5 Å². The molecule has 1 fully saturated rings. The molecule has 5 atom stereocenters. The highest BCUT2D eigenvalue weighted by atomic mass is 79.9. The van der Waals surface area contributed by atoms with E-state index in [0.29, 0.717) is 4.90 Å². The van der Waals surface area contributed by atoms with Crippen LogP contribution < -0.4 is 5.32 Å². The number of hydrogen-bond acceptors (Lipinski definition) is 5. The number of hydrogen-bond donors (Lipinski definition) is 2. The van der Waals surface area contributed by atoms with Gasteiger partial charge < -0.3 is 10.4 Å². The number of para-hydroxylation sites is 1. The van der Waals surface area contributed by atoms with Gasteiger partial charge in [0.25, 0.3) is 5.69 Å². The molecule has 0 bridgehead atoms. The number of thioether (sulfide) groups is 1. The number of benzene rings is 3. The molecule has 3 aromatic rings. The molecule has 1 aliphatic heterocycles. The SMILES string of the molecule is O=C(O)c1ccc2c(c1)[C@@H]1[C@H](Cl)[C@H](Sc3ccccc3[N+](=O)[O-])C[C@H]1[C@H](c1ccc(Br)cc1)N2. The average molecular weight is 560 g/mol. The fourth-order valence-corrected chi connectivity index (χ4v) is 7.33. The third-order valence-corrected chi connectivity index (χ3v) is 9.27. The van der Waals surface area contributed by atoms with Crippen molar-refractivity contribution in [2.75, 3.05) is 5.32 Å². The molecule has 9 heteroatoms. The van der Waals surface area contributed by atoms with Gasteiger partial charge in [0.05, 0.1) is 26.8 Å². The summed E-state index contributed by atoms with van der Waals surface area (Å²) in [6, 6.07) is 20.0. The number of nitro benzene ring substituents is 1. The van der Waals surface area contributed by atoms with E-state index in [2.05, 4.69) is 33.4 Å². The standard InChI is InChI=1S/C25H20BrClN2O4S/c26-15-8-5-13(6-9-15)24-17-12-21(34-20-4-2-1-3-19(20)29(32)33)23(27)22(17)16-11-14(25(30)31)7-10-18(16)28-24/h1-11,17,21-24,28H,12H2,(H,30,31)/t17-,21-,22+,23-,24+/m1/s1. The van der Waals surface area contributed by atoms with Crippen LogP contribution in [0.5, 0.6) is 0 Å². The molecule has 0 radical (unpaired) electrons. The second kappa shape index (κ2) is 9.24. The first kappa shape index (κ1) is 23.2. The molecule has 174 valence electrons. The van der Waals surface area contributed by atoms with E-state index in [1.54, 1.807) is 30.3 Å². The first-order valence-electron chi connectivity index (χ1n) is 10.8. The summed E-state index contributed by atoms with van der Waals surface area (Å²) in [6.45, 7) is 0. The van der Waals surface area contributed by atoms with E-state index in [1.165, 1.54) is 17.8 Å². The fraction of sp³-hybridized carbons (Fsp3) is 0.240. The first-order chi connectivity index (χ1) is 16.3. The van der Waals surface area contributed by atoms with E-state index in [1.807, 2.05) is 18.2 Å². The minimum absolute atomic E-state index is 0.0149. The van der Waals surface area contributed by atoms with Crippen LogP contribution in [0.1, 0.15) is 39.9 Å². The van der Waals surface area contributed by atoms with Crippen LogP contribution in [0.25, 0.3) is 0 Å². The Hall–Kier alpha value is -2.55. The Morgan fingerprint density at radius 3 is 2.59 bits per heavy atom. The Morgan fingerprint density at radius 1 is 1.15 bits per heavy atom. The van der Waals surface area contributed by atoms with Gasteiger partial charge in [-0.1, -0.05) is 40.2 Å². The molecule has 3 aromatic carbocycles. The number of alkyl halides is 1. The number of halogens is 2. The van der Waals surface area contributed by atoms with Crippen molar-refractivity contribution in [2.24, 2.45) is 5.92 Å². The van der Waals surface area contributed by atoms with Crippen LogP contribution >= 0.6 is 39.3 Å². The van der Waals surface area contributed by atoms with E-state index >= 15 is 0 Å². The Labute approximate surface area is 214 Å². The van der Waals surface area contributed by atoms with Gasteiger partial charge in [-0.15, -0.1) is 23.4 Å². The van der Waals surface area contributed by atoms with Crippen molar-refractivity contribution in [1.82, 2.24) is 0 Å². The molecule has 1 saturated carbocycles. The van der Waals surface area contributed by atoms with Crippen molar-refractivity contribution in [2.45, 2.75) is 33.9 Å². The van der Waals surface area contributed by atoms with E-state index in [4.69, 9.17) is 11.6 Å². The zero-order valence-corrected chi connectivity index (χ0v) is 20.9. The number of aromatic carboxylic acids is 1. The number of nitrogens with one attached hydrogen (secondary N) is 1. The summed E-state index contributed by atoms with van der Waals surface area (Å²) < 4.78 is 0.988. The van der Waals surface area contributed by atoms with Crippen molar-refractivity contribution in [3.63, 3.8) is 0 Å².